The van der Waals surface area contributed by atoms with Crippen LogP contribution in [-0.2, 0) is 0 Å². The van der Waals surface area contributed by atoms with E-state index in [9.17, 15) is 18.7 Å². The Balaban J connectivity index is 1.97. The molecular formula is C16H21F2NO2. The van der Waals surface area contributed by atoms with Crippen molar-refractivity contribution in [3.05, 3.63) is 35.4 Å². The van der Waals surface area contributed by atoms with Gasteiger partial charge in [0.15, 0.2) is 0 Å². The molecule has 0 bridgehead atoms. The Labute approximate surface area is 123 Å². The third-order valence-electron chi connectivity index (χ3n) is 4.29. The van der Waals surface area contributed by atoms with Crippen molar-refractivity contribution in [3.63, 3.8) is 0 Å². The van der Waals surface area contributed by atoms with Crippen LogP contribution in [0.15, 0.2) is 18.2 Å². The monoisotopic (exact) mass is 297 g/mol. The summed E-state index contributed by atoms with van der Waals surface area (Å²) in [5, 5.41) is 12.9. The number of benzene rings is 1. The fraction of sp³-hybridized carbons (Fsp3) is 0.562. The third-order valence-corrected chi connectivity index (χ3v) is 4.29. The second-order valence-electron chi connectivity index (χ2n) is 6.70. The number of nitrogens with one attached hydrogen (secondary N) is 1. The van der Waals surface area contributed by atoms with Gasteiger partial charge in [-0.15, -0.1) is 0 Å². The van der Waals surface area contributed by atoms with Crippen LogP contribution in [-0.4, -0.2) is 23.2 Å². The topological polar surface area (TPSA) is 49.3 Å². The minimum Gasteiger partial charge on any atom is -0.388 e. The Morgan fingerprint density at radius 1 is 1.24 bits per heavy atom. The van der Waals surface area contributed by atoms with E-state index in [1.165, 1.54) is 0 Å². The second-order valence-corrected chi connectivity index (χ2v) is 6.70. The van der Waals surface area contributed by atoms with Crippen LogP contribution in [0.4, 0.5) is 8.78 Å². The molecular weight excluding hydrogens is 276 g/mol. The van der Waals surface area contributed by atoms with Crippen LogP contribution in [0.2, 0.25) is 0 Å². The van der Waals surface area contributed by atoms with E-state index in [1.807, 2.05) is 0 Å². The van der Waals surface area contributed by atoms with Gasteiger partial charge >= 0.3 is 0 Å². The van der Waals surface area contributed by atoms with Gasteiger partial charge in [0, 0.05) is 6.54 Å². The molecule has 21 heavy (non-hydrogen) atoms. The molecule has 0 saturated heterocycles. The standard InChI is InChI=1S/C16H21F2NO2/c1-15(2)5-7-16(21,8-6-15)10-19-14(20)12-9-11(17)3-4-13(12)18/h3-4,9,21H,5-8,10H2,1-2H3,(H,19,20). The Hall–Kier alpha value is -1.49. The van der Waals surface area contributed by atoms with Crippen LogP contribution in [0.3, 0.4) is 0 Å². The van der Waals surface area contributed by atoms with Crippen LogP contribution >= 0.6 is 0 Å². The number of carbonyl (C=O) groups is 1. The SMILES string of the molecule is CC1(C)CCC(O)(CNC(=O)c2cc(F)ccc2F)CC1. The molecule has 1 fully saturated rings. The first kappa shape index (κ1) is 15.9. The minimum atomic E-state index is -0.963. The van der Waals surface area contributed by atoms with Crippen LogP contribution < -0.4 is 5.32 Å². The van der Waals surface area contributed by atoms with Gasteiger partial charge in [0.25, 0.3) is 5.91 Å². The van der Waals surface area contributed by atoms with E-state index in [0.717, 1.165) is 31.0 Å². The molecule has 0 heterocycles. The normalized spacial score (nSPS) is 20.0. The Morgan fingerprint density at radius 2 is 1.86 bits per heavy atom. The molecule has 3 nitrogen and oxygen atoms in total. The average molecular weight is 297 g/mol. The van der Waals surface area contributed by atoms with Gasteiger partial charge in [-0.25, -0.2) is 8.78 Å². The molecule has 2 N–H and O–H groups in total. The van der Waals surface area contributed by atoms with Crippen LogP contribution in [0.1, 0.15) is 49.9 Å². The van der Waals surface area contributed by atoms with Crippen molar-refractivity contribution >= 4 is 5.91 Å². The summed E-state index contributed by atoms with van der Waals surface area (Å²) >= 11 is 0. The molecule has 1 aromatic carbocycles. The Kier molecular flexibility index (Phi) is 4.33. The highest BCUT2D eigenvalue weighted by molar-refractivity contribution is 5.94. The highest BCUT2D eigenvalue weighted by Crippen LogP contribution is 2.39. The predicted molar refractivity (Wildman–Crippen MR) is 75.9 cm³/mol. The summed E-state index contributed by atoms with van der Waals surface area (Å²) in [5.74, 6) is -2.14. The molecule has 0 radical (unpaired) electrons. The number of amides is 1. The minimum absolute atomic E-state index is 0.0534. The lowest BCUT2D eigenvalue weighted by atomic mass is 9.71. The Morgan fingerprint density at radius 3 is 2.48 bits per heavy atom. The number of carbonyl (C=O) groups excluding carboxylic acids is 1. The van der Waals surface area contributed by atoms with Gasteiger partial charge in [-0.3, -0.25) is 4.79 Å². The van der Waals surface area contributed by atoms with Gasteiger partial charge < -0.3 is 10.4 Å². The second kappa shape index (κ2) is 5.72. The zero-order chi connectivity index (χ0) is 15.7. The third kappa shape index (κ3) is 4.00. The zero-order valence-corrected chi connectivity index (χ0v) is 12.4. The predicted octanol–water partition coefficient (Wildman–Crippen LogP) is 3.03. The Bertz CT molecular complexity index is 533. The number of halogens is 2. The van der Waals surface area contributed by atoms with Crippen molar-refractivity contribution in [2.45, 2.75) is 45.1 Å². The molecule has 0 spiro atoms. The van der Waals surface area contributed by atoms with E-state index in [-0.39, 0.29) is 17.5 Å². The quantitative estimate of drug-likeness (QED) is 0.901. The molecule has 1 aliphatic carbocycles. The smallest absolute Gasteiger partial charge is 0.254 e. The fourth-order valence-corrected chi connectivity index (χ4v) is 2.58. The number of hydrogen-bond acceptors (Lipinski definition) is 2. The van der Waals surface area contributed by atoms with E-state index in [2.05, 4.69) is 19.2 Å². The molecule has 0 aliphatic heterocycles. The summed E-state index contributed by atoms with van der Waals surface area (Å²) < 4.78 is 26.6. The van der Waals surface area contributed by atoms with Crippen LogP contribution in [0.25, 0.3) is 0 Å². The van der Waals surface area contributed by atoms with Crippen molar-refractivity contribution in [2.75, 3.05) is 6.54 Å². The highest BCUT2D eigenvalue weighted by atomic mass is 19.1. The molecule has 116 valence electrons. The van der Waals surface area contributed by atoms with Crippen molar-refractivity contribution in [3.8, 4) is 0 Å². The van der Waals surface area contributed by atoms with E-state index >= 15 is 0 Å². The van der Waals surface area contributed by atoms with E-state index < -0.39 is 23.1 Å². The van der Waals surface area contributed by atoms with E-state index in [0.29, 0.717) is 12.8 Å². The lowest BCUT2D eigenvalue weighted by molar-refractivity contribution is -0.0233. The zero-order valence-electron chi connectivity index (χ0n) is 12.4. The number of rotatable bonds is 3. The van der Waals surface area contributed by atoms with Gasteiger partial charge in [0.2, 0.25) is 0 Å². The molecule has 1 saturated carbocycles. The first-order valence-electron chi connectivity index (χ1n) is 7.17. The maximum atomic E-state index is 13.5. The molecule has 1 aromatic rings. The highest BCUT2D eigenvalue weighted by Gasteiger charge is 2.36. The van der Waals surface area contributed by atoms with Crippen LogP contribution in [0, 0.1) is 17.0 Å². The summed E-state index contributed by atoms with van der Waals surface area (Å²) in [4.78, 5) is 11.9. The molecule has 0 aromatic heterocycles. The first-order chi connectivity index (χ1) is 9.71. The molecule has 0 unspecified atom stereocenters. The van der Waals surface area contributed by atoms with Crippen molar-refractivity contribution in [2.24, 2.45) is 5.41 Å². The summed E-state index contributed by atoms with van der Waals surface area (Å²) in [6.45, 7) is 4.35. The summed E-state index contributed by atoms with van der Waals surface area (Å²) in [6.07, 6.45) is 2.92. The number of hydrogen-bond donors (Lipinski definition) is 2. The number of aliphatic hydroxyl groups is 1. The largest absolute Gasteiger partial charge is 0.388 e. The molecule has 2 rings (SSSR count). The lowest BCUT2D eigenvalue weighted by Crippen LogP contribution is -2.46. The fourth-order valence-electron chi connectivity index (χ4n) is 2.58. The molecule has 5 heteroatoms. The molecule has 1 aliphatic rings. The van der Waals surface area contributed by atoms with Crippen LogP contribution in [0.5, 0.6) is 0 Å². The van der Waals surface area contributed by atoms with E-state index in [4.69, 9.17) is 0 Å². The molecule has 0 atom stereocenters. The van der Waals surface area contributed by atoms with Crippen molar-refractivity contribution in [1.82, 2.24) is 5.32 Å². The summed E-state index contributed by atoms with van der Waals surface area (Å²) in [6, 6.07) is 2.74. The van der Waals surface area contributed by atoms with Gasteiger partial charge in [-0.2, -0.15) is 0 Å². The maximum Gasteiger partial charge on any atom is 0.254 e. The summed E-state index contributed by atoms with van der Waals surface area (Å²) in [5.41, 5.74) is -1.10. The van der Waals surface area contributed by atoms with Gasteiger partial charge in [0.05, 0.1) is 11.2 Å². The maximum absolute atomic E-state index is 13.5. The van der Waals surface area contributed by atoms with Crippen molar-refractivity contribution < 1.29 is 18.7 Å². The van der Waals surface area contributed by atoms with Gasteiger partial charge in [0.1, 0.15) is 11.6 Å². The molecule has 1 amide bonds. The van der Waals surface area contributed by atoms with Gasteiger partial charge in [-0.1, -0.05) is 13.8 Å². The van der Waals surface area contributed by atoms with Crippen molar-refractivity contribution in [1.29, 1.82) is 0 Å². The average Bonchev–Trinajstić information content (AvgIpc) is 2.43. The first-order valence-corrected chi connectivity index (χ1v) is 7.17. The van der Waals surface area contributed by atoms with E-state index in [1.54, 1.807) is 0 Å². The summed E-state index contributed by atoms with van der Waals surface area (Å²) in [7, 11) is 0. The van der Waals surface area contributed by atoms with Gasteiger partial charge in [-0.05, 0) is 49.3 Å². The lowest BCUT2D eigenvalue weighted by Gasteiger charge is -2.40.